The number of hydrogen-bond donors (Lipinski definition) is 3. The van der Waals surface area contributed by atoms with E-state index in [0.29, 0.717) is 19.4 Å². The van der Waals surface area contributed by atoms with Crippen molar-refractivity contribution in [1.29, 1.82) is 0 Å². The number of aliphatic hydroxyl groups excluding tert-OH is 1. The number of alkyl halides is 3. The summed E-state index contributed by atoms with van der Waals surface area (Å²) in [4.78, 5) is 28.8. The number of sulfonamides is 1. The van der Waals surface area contributed by atoms with Crippen LogP contribution in [0.5, 0.6) is 5.75 Å². The van der Waals surface area contributed by atoms with Crippen molar-refractivity contribution in [1.82, 2.24) is 9.21 Å². The molecule has 0 aromatic heterocycles. The number of nitrogens with one attached hydrogen (secondary N) is 2. The van der Waals surface area contributed by atoms with Gasteiger partial charge in [-0.15, -0.1) is 0 Å². The third kappa shape index (κ3) is 10.7. The Morgan fingerprint density at radius 3 is 2.29 bits per heavy atom. The number of rotatable bonds is 8. The Balaban J connectivity index is 1.60. The van der Waals surface area contributed by atoms with E-state index in [-0.39, 0.29) is 53.4 Å². The summed E-state index contributed by atoms with van der Waals surface area (Å²) in [7, 11) is -2.35. The highest BCUT2D eigenvalue weighted by molar-refractivity contribution is 7.89. The van der Waals surface area contributed by atoms with Gasteiger partial charge < -0.3 is 30.1 Å². The molecular weight excluding hydrogens is 701 g/mol. The molecule has 1 aliphatic heterocycles. The molecule has 0 bridgehead atoms. The lowest BCUT2D eigenvalue weighted by Crippen LogP contribution is -2.48. The van der Waals surface area contributed by atoms with Gasteiger partial charge in [0.2, 0.25) is 10.0 Å². The van der Waals surface area contributed by atoms with E-state index in [1.807, 2.05) is 20.8 Å². The predicted molar refractivity (Wildman–Crippen MR) is 192 cm³/mol. The van der Waals surface area contributed by atoms with E-state index in [1.54, 1.807) is 43.3 Å². The average molecular weight is 749 g/mol. The number of nitrogens with zero attached hydrogens (tertiary/aromatic N) is 2. The molecule has 0 fully saturated rings. The van der Waals surface area contributed by atoms with Crippen molar-refractivity contribution in [3.8, 4) is 5.75 Å². The maximum atomic E-state index is 14.4. The fraction of sp³-hybridized carbons (Fsp3) is 0.459. The van der Waals surface area contributed by atoms with Crippen LogP contribution < -0.4 is 15.4 Å². The van der Waals surface area contributed by atoms with Crippen LogP contribution >= 0.6 is 0 Å². The fourth-order valence-electron chi connectivity index (χ4n) is 5.74. The van der Waals surface area contributed by atoms with Crippen molar-refractivity contribution >= 4 is 33.3 Å². The molecule has 3 aromatic carbocycles. The Labute approximate surface area is 303 Å². The number of aliphatic hydroxyl groups is 1. The Kier molecular flexibility index (Phi) is 13.7. The number of carbonyl (C=O) groups is 2. The molecule has 0 spiro atoms. The summed E-state index contributed by atoms with van der Waals surface area (Å²) < 4.78 is 79.6. The first-order chi connectivity index (χ1) is 24.5. The van der Waals surface area contributed by atoms with Gasteiger partial charge in [-0.1, -0.05) is 24.6 Å². The summed E-state index contributed by atoms with van der Waals surface area (Å²) in [6.07, 6.45) is -3.38. The number of likely N-dealkylation sites (N-methyl/N-ethyl adjacent to an activating group) is 1. The first-order valence-corrected chi connectivity index (χ1v) is 18.6. The van der Waals surface area contributed by atoms with Crippen LogP contribution in [0, 0.1) is 12.8 Å². The number of hydrogen-bond acceptors (Lipinski definition) is 7. The molecule has 11 nitrogen and oxygen atoms in total. The van der Waals surface area contributed by atoms with Crippen molar-refractivity contribution < 1.29 is 45.8 Å². The number of urea groups is 1. The van der Waals surface area contributed by atoms with Crippen LogP contribution in [0.2, 0.25) is 0 Å². The highest BCUT2D eigenvalue weighted by Gasteiger charge is 2.33. The van der Waals surface area contributed by atoms with Crippen LogP contribution in [0.3, 0.4) is 0 Å². The van der Waals surface area contributed by atoms with Gasteiger partial charge in [-0.2, -0.15) is 17.5 Å². The molecule has 4 atom stereocenters. The number of fused-ring (bicyclic) bond motifs is 1. The lowest BCUT2D eigenvalue weighted by molar-refractivity contribution is -0.137. The number of aryl methyl sites for hydroxylation is 1. The number of carbonyl (C=O) groups excluding carboxylic acids is 2. The summed E-state index contributed by atoms with van der Waals surface area (Å²) in [6.45, 7) is 7.38. The third-order valence-corrected chi connectivity index (χ3v) is 10.8. The van der Waals surface area contributed by atoms with E-state index in [1.165, 1.54) is 22.3 Å². The molecule has 4 rings (SSSR count). The van der Waals surface area contributed by atoms with Gasteiger partial charge in [-0.05, 0) is 94.6 Å². The fourth-order valence-corrected chi connectivity index (χ4v) is 6.92. The van der Waals surface area contributed by atoms with E-state index in [0.717, 1.165) is 36.2 Å². The Hall–Kier alpha value is -4.18. The molecule has 1 heterocycles. The molecule has 52 heavy (non-hydrogen) atoms. The normalized spacial score (nSPS) is 20.0. The minimum absolute atomic E-state index is 0.0190. The van der Waals surface area contributed by atoms with E-state index < -0.39 is 51.8 Å². The Bertz CT molecular complexity index is 1770. The van der Waals surface area contributed by atoms with Crippen molar-refractivity contribution in [2.24, 2.45) is 5.92 Å². The van der Waals surface area contributed by atoms with Gasteiger partial charge in [0.05, 0.1) is 40.9 Å². The maximum absolute atomic E-state index is 14.4. The molecule has 0 aliphatic carbocycles. The molecule has 0 radical (unpaired) electrons. The molecule has 0 saturated heterocycles. The smallest absolute Gasteiger partial charge is 0.416 e. The molecule has 3 amide bonds. The quantitative estimate of drug-likeness (QED) is 0.231. The Morgan fingerprint density at radius 2 is 1.65 bits per heavy atom. The van der Waals surface area contributed by atoms with Gasteiger partial charge in [0.1, 0.15) is 5.75 Å². The predicted octanol–water partition coefficient (Wildman–Crippen LogP) is 6.77. The zero-order valence-electron chi connectivity index (χ0n) is 29.9. The van der Waals surface area contributed by atoms with E-state index >= 15 is 0 Å². The molecule has 284 valence electrons. The number of anilines is 2. The van der Waals surface area contributed by atoms with Crippen LogP contribution in [0.25, 0.3) is 0 Å². The highest BCUT2D eigenvalue weighted by atomic mass is 32.2. The summed E-state index contributed by atoms with van der Waals surface area (Å²) in [5.74, 6) is -0.628. The topological polar surface area (TPSA) is 138 Å². The number of halogens is 3. The zero-order valence-corrected chi connectivity index (χ0v) is 30.8. The van der Waals surface area contributed by atoms with Crippen molar-refractivity contribution in [3.63, 3.8) is 0 Å². The third-order valence-electron chi connectivity index (χ3n) is 8.95. The van der Waals surface area contributed by atoms with Gasteiger partial charge in [0.15, 0.2) is 0 Å². The van der Waals surface area contributed by atoms with Gasteiger partial charge in [0.25, 0.3) is 5.91 Å². The van der Waals surface area contributed by atoms with Crippen LogP contribution in [0.15, 0.2) is 71.6 Å². The van der Waals surface area contributed by atoms with Gasteiger partial charge in [-0.3, -0.25) is 4.79 Å². The number of amides is 3. The van der Waals surface area contributed by atoms with Crippen LogP contribution in [0.4, 0.5) is 29.3 Å². The lowest BCUT2D eigenvalue weighted by Gasteiger charge is -2.35. The highest BCUT2D eigenvalue weighted by Crippen LogP contribution is 2.31. The molecule has 3 aromatic rings. The first kappa shape index (κ1) is 40.6. The minimum Gasteiger partial charge on any atom is -0.490 e. The molecule has 0 unspecified atom stereocenters. The number of ether oxygens (including phenoxy) is 2. The largest absolute Gasteiger partial charge is 0.490 e. The van der Waals surface area contributed by atoms with Crippen LogP contribution in [-0.4, -0.2) is 86.3 Å². The second kappa shape index (κ2) is 17.6. The van der Waals surface area contributed by atoms with Crippen molar-refractivity contribution in [2.45, 2.75) is 76.3 Å². The van der Waals surface area contributed by atoms with E-state index in [2.05, 4.69) is 10.6 Å². The summed E-state index contributed by atoms with van der Waals surface area (Å²) in [5.41, 5.74) is 0.523. The van der Waals surface area contributed by atoms with Gasteiger partial charge in [-0.25, -0.2) is 13.2 Å². The summed E-state index contributed by atoms with van der Waals surface area (Å²) >= 11 is 0. The standard InChI is InChI=1S/C37H47F3N4O7S/c1-24-9-16-31(17-10-24)52(48,49)43(5)22-34-25(2)21-44(26(3)23-45)35(46)32-20-30(15-18-33(32)51-27(4)8-6-7-19-50-34)42-36(47)41-29-13-11-28(12-14-29)37(38,39)40/h9-18,20,25-27,34,45H,6-8,19,21-23H2,1-5H3,(H2,41,42,47)/t25-,26-,27-,34-/m0/s1. The average Bonchev–Trinajstić information content (AvgIpc) is 3.09. The molecule has 15 heteroatoms. The summed E-state index contributed by atoms with van der Waals surface area (Å²) in [6, 6.07) is 13.7. The molecule has 3 N–H and O–H groups in total. The molecule has 1 aliphatic rings. The van der Waals surface area contributed by atoms with Crippen LogP contribution in [-0.2, 0) is 20.9 Å². The molecular formula is C37H47F3N4O7S. The monoisotopic (exact) mass is 748 g/mol. The van der Waals surface area contributed by atoms with Crippen molar-refractivity contribution in [2.75, 3.05) is 44.0 Å². The van der Waals surface area contributed by atoms with Crippen LogP contribution in [0.1, 0.15) is 61.5 Å². The zero-order chi connectivity index (χ0) is 38.2. The first-order valence-electron chi connectivity index (χ1n) is 17.1. The SMILES string of the molecule is Cc1ccc(S(=O)(=O)N(C)C[C@@H]2OCCCC[C@H](C)Oc3ccc(NC(=O)Nc4ccc(C(F)(F)F)cc4)cc3C(=O)N([C@@H](C)CO)C[C@@H]2C)cc1. The van der Waals surface area contributed by atoms with Gasteiger partial charge in [0, 0.05) is 44.0 Å². The Morgan fingerprint density at radius 1 is 1.02 bits per heavy atom. The van der Waals surface area contributed by atoms with E-state index in [4.69, 9.17) is 9.47 Å². The number of benzene rings is 3. The second-order valence-corrected chi connectivity index (χ2v) is 15.3. The van der Waals surface area contributed by atoms with Crippen molar-refractivity contribution in [3.05, 3.63) is 83.4 Å². The van der Waals surface area contributed by atoms with Gasteiger partial charge >= 0.3 is 12.2 Å². The maximum Gasteiger partial charge on any atom is 0.416 e. The lowest BCUT2D eigenvalue weighted by atomic mass is 10.0. The minimum atomic E-state index is -4.52. The van der Waals surface area contributed by atoms with E-state index in [9.17, 15) is 36.3 Å². The molecule has 0 saturated carbocycles. The summed E-state index contributed by atoms with van der Waals surface area (Å²) in [5, 5.41) is 15.3. The second-order valence-electron chi connectivity index (χ2n) is 13.3.